The number of aryl methyl sites for hydroxylation is 1. The van der Waals surface area contributed by atoms with Gasteiger partial charge in [-0.05, 0) is 36.1 Å². The van der Waals surface area contributed by atoms with Gasteiger partial charge in [0.1, 0.15) is 6.54 Å². The van der Waals surface area contributed by atoms with Crippen LogP contribution in [0.25, 0.3) is 12.2 Å². The van der Waals surface area contributed by atoms with Crippen LogP contribution in [0.15, 0.2) is 48.8 Å². The summed E-state index contributed by atoms with van der Waals surface area (Å²) in [6, 6.07) is 13.7. The van der Waals surface area contributed by atoms with Crippen LogP contribution in [0.1, 0.15) is 147 Å². The molecule has 0 fully saturated rings. The van der Waals surface area contributed by atoms with E-state index < -0.39 is 0 Å². The third-order valence-corrected chi connectivity index (χ3v) is 7.98. The van der Waals surface area contributed by atoms with Crippen molar-refractivity contribution in [3.8, 4) is 0 Å². The van der Waals surface area contributed by atoms with Gasteiger partial charge in [-0.2, -0.15) is 0 Å². The van der Waals surface area contributed by atoms with Crippen LogP contribution in [0.5, 0.6) is 0 Å². The predicted molar refractivity (Wildman–Crippen MR) is 174 cm³/mol. The molecular weight excluding hydrogens is 472 g/mol. The molecule has 0 saturated heterocycles. The number of benzene rings is 1. The standard InChI is InChI=1S/C37H61N2/c1-4-7-10-12-14-16-18-20-31-39(32-21-19-17-15-13-11-8-5-2)37-26-24-35(25-27-37)22-23-36-28-33-38(34-29-36)30-9-6-3/h22-29,33-34H,4-21,30-32H2,1-3H3/q+1. The van der Waals surface area contributed by atoms with Gasteiger partial charge in [-0.1, -0.05) is 141 Å². The smallest absolute Gasteiger partial charge is 0.169 e. The molecule has 0 amide bonds. The van der Waals surface area contributed by atoms with E-state index in [4.69, 9.17) is 0 Å². The Labute approximate surface area is 242 Å². The number of anilines is 1. The molecule has 39 heavy (non-hydrogen) atoms. The minimum Gasteiger partial charge on any atom is -0.372 e. The van der Waals surface area contributed by atoms with Crippen molar-refractivity contribution in [1.29, 1.82) is 0 Å². The van der Waals surface area contributed by atoms with Crippen LogP contribution in [-0.4, -0.2) is 13.1 Å². The Hall–Kier alpha value is -2.09. The van der Waals surface area contributed by atoms with Crippen molar-refractivity contribution in [2.45, 2.75) is 143 Å². The van der Waals surface area contributed by atoms with E-state index in [9.17, 15) is 0 Å². The molecule has 1 aromatic carbocycles. The molecule has 0 aliphatic rings. The summed E-state index contributed by atoms with van der Waals surface area (Å²) in [4.78, 5) is 2.66. The van der Waals surface area contributed by atoms with Gasteiger partial charge in [-0.15, -0.1) is 0 Å². The Balaban J connectivity index is 1.84. The fraction of sp³-hybridized carbons (Fsp3) is 0.649. The van der Waals surface area contributed by atoms with Gasteiger partial charge in [0.2, 0.25) is 0 Å². The first-order valence-corrected chi connectivity index (χ1v) is 16.8. The summed E-state index contributed by atoms with van der Waals surface area (Å²) in [6.45, 7) is 10.4. The first-order valence-electron chi connectivity index (χ1n) is 16.8. The molecule has 0 bridgehead atoms. The van der Waals surface area contributed by atoms with Crippen molar-refractivity contribution in [2.24, 2.45) is 0 Å². The Kier molecular flexibility index (Phi) is 19.3. The zero-order valence-electron chi connectivity index (χ0n) is 26.0. The summed E-state index contributed by atoms with van der Waals surface area (Å²) < 4.78 is 2.28. The summed E-state index contributed by atoms with van der Waals surface area (Å²) in [5, 5.41) is 0. The SMILES string of the molecule is CCCCCCCCCCN(CCCCCCCCCC)c1ccc(/C=C/c2cc[n+](CCCC)cc2)cc1. The number of aromatic nitrogens is 1. The van der Waals surface area contributed by atoms with Crippen molar-refractivity contribution in [1.82, 2.24) is 0 Å². The lowest BCUT2D eigenvalue weighted by Crippen LogP contribution is -2.32. The van der Waals surface area contributed by atoms with E-state index in [2.05, 4.69) is 91.2 Å². The van der Waals surface area contributed by atoms with Gasteiger partial charge in [0.15, 0.2) is 12.4 Å². The topological polar surface area (TPSA) is 7.12 Å². The molecule has 1 heterocycles. The van der Waals surface area contributed by atoms with Crippen LogP contribution in [0.2, 0.25) is 0 Å². The van der Waals surface area contributed by atoms with Crippen LogP contribution < -0.4 is 9.47 Å². The number of hydrogen-bond acceptors (Lipinski definition) is 1. The van der Waals surface area contributed by atoms with Crippen molar-refractivity contribution < 1.29 is 4.57 Å². The molecule has 0 aliphatic heterocycles. The molecule has 2 nitrogen and oxygen atoms in total. The number of rotatable bonds is 24. The van der Waals surface area contributed by atoms with Crippen molar-refractivity contribution in [3.63, 3.8) is 0 Å². The van der Waals surface area contributed by atoms with E-state index in [-0.39, 0.29) is 0 Å². The van der Waals surface area contributed by atoms with E-state index in [1.54, 1.807) is 0 Å². The lowest BCUT2D eigenvalue weighted by Gasteiger charge is -2.25. The lowest BCUT2D eigenvalue weighted by atomic mass is 10.1. The maximum atomic E-state index is 2.66. The fourth-order valence-corrected chi connectivity index (χ4v) is 5.30. The molecule has 1 aromatic heterocycles. The van der Waals surface area contributed by atoms with Gasteiger partial charge in [0, 0.05) is 37.3 Å². The average molecular weight is 534 g/mol. The first kappa shape index (κ1) is 33.1. The third-order valence-electron chi connectivity index (χ3n) is 7.98. The van der Waals surface area contributed by atoms with Crippen LogP contribution in [0, 0.1) is 0 Å². The Morgan fingerprint density at radius 2 is 0.897 bits per heavy atom. The van der Waals surface area contributed by atoms with Gasteiger partial charge < -0.3 is 4.90 Å². The first-order chi connectivity index (χ1) is 19.3. The highest BCUT2D eigenvalue weighted by atomic mass is 15.1. The van der Waals surface area contributed by atoms with Crippen LogP contribution in [0.4, 0.5) is 5.69 Å². The summed E-state index contributed by atoms with van der Waals surface area (Å²) >= 11 is 0. The van der Waals surface area contributed by atoms with E-state index in [1.165, 1.54) is 145 Å². The van der Waals surface area contributed by atoms with Crippen molar-refractivity contribution in [2.75, 3.05) is 18.0 Å². The van der Waals surface area contributed by atoms with E-state index >= 15 is 0 Å². The lowest BCUT2D eigenvalue weighted by molar-refractivity contribution is -0.697. The van der Waals surface area contributed by atoms with Gasteiger partial charge >= 0.3 is 0 Å². The Bertz CT molecular complexity index is 817. The van der Waals surface area contributed by atoms with Gasteiger partial charge in [-0.25, -0.2) is 4.57 Å². The molecule has 0 saturated carbocycles. The molecule has 0 aliphatic carbocycles. The van der Waals surface area contributed by atoms with Gasteiger partial charge in [-0.3, -0.25) is 0 Å². The Morgan fingerprint density at radius 1 is 0.487 bits per heavy atom. The van der Waals surface area contributed by atoms with E-state index in [0.29, 0.717) is 0 Å². The molecule has 218 valence electrons. The highest BCUT2D eigenvalue weighted by molar-refractivity contribution is 5.70. The monoisotopic (exact) mass is 533 g/mol. The highest BCUT2D eigenvalue weighted by Crippen LogP contribution is 2.20. The molecular formula is C37H61N2+. The summed E-state index contributed by atoms with van der Waals surface area (Å²) in [7, 11) is 0. The van der Waals surface area contributed by atoms with Crippen molar-refractivity contribution in [3.05, 3.63) is 59.9 Å². The maximum Gasteiger partial charge on any atom is 0.169 e. The summed E-state index contributed by atoms with van der Waals surface area (Å²) in [6.07, 6.45) is 33.5. The third kappa shape index (κ3) is 15.9. The molecule has 0 unspecified atom stereocenters. The average Bonchev–Trinajstić information content (AvgIpc) is 2.97. The molecule has 0 radical (unpaired) electrons. The number of pyridine rings is 1. The minimum absolute atomic E-state index is 1.11. The number of unbranched alkanes of at least 4 members (excludes halogenated alkanes) is 15. The molecule has 2 rings (SSSR count). The molecule has 2 aromatic rings. The second-order valence-corrected chi connectivity index (χ2v) is 11.6. The molecule has 0 spiro atoms. The second kappa shape index (κ2) is 22.7. The number of nitrogens with zero attached hydrogens (tertiary/aromatic N) is 2. The maximum absolute atomic E-state index is 2.66. The molecule has 0 N–H and O–H groups in total. The van der Waals surface area contributed by atoms with E-state index in [0.717, 1.165) is 6.54 Å². The van der Waals surface area contributed by atoms with Crippen LogP contribution >= 0.6 is 0 Å². The summed E-state index contributed by atoms with van der Waals surface area (Å²) in [5.74, 6) is 0. The van der Waals surface area contributed by atoms with Gasteiger partial charge in [0.25, 0.3) is 0 Å². The molecule has 2 heteroatoms. The summed E-state index contributed by atoms with van der Waals surface area (Å²) in [5.41, 5.74) is 3.94. The Morgan fingerprint density at radius 3 is 1.36 bits per heavy atom. The normalized spacial score (nSPS) is 11.5. The second-order valence-electron chi connectivity index (χ2n) is 11.6. The predicted octanol–water partition coefficient (Wildman–Crippen LogP) is 11.0. The minimum atomic E-state index is 1.11. The zero-order valence-corrected chi connectivity index (χ0v) is 26.0. The highest BCUT2D eigenvalue weighted by Gasteiger charge is 2.07. The van der Waals surface area contributed by atoms with Gasteiger partial charge in [0.05, 0.1) is 0 Å². The van der Waals surface area contributed by atoms with Crippen LogP contribution in [0.3, 0.4) is 0 Å². The van der Waals surface area contributed by atoms with E-state index in [1.807, 2.05) is 0 Å². The largest absolute Gasteiger partial charge is 0.372 e. The van der Waals surface area contributed by atoms with Crippen molar-refractivity contribution >= 4 is 17.8 Å². The quantitative estimate of drug-likeness (QED) is 0.0961. The number of hydrogen-bond donors (Lipinski definition) is 0. The zero-order chi connectivity index (χ0) is 27.8. The molecule has 0 atom stereocenters. The fourth-order valence-electron chi connectivity index (χ4n) is 5.30. The van der Waals surface area contributed by atoms with Crippen LogP contribution in [-0.2, 0) is 6.54 Å².